The molecule has 6 nitrogen and oxygen atoms in total. The Balaban J connectivity index is 1.90. The number of nitrogens with zero attached hydrogens (tertiary/aromatic N) is 3. The van der Waals surface area contributed by atoms with Crippen molar-refractivity contribution in [2.45, 2.75) is 5.92 Å². The van der Waals surface area contributed by atoms with Gasteiger partial charge < -0.3 is 10.8 Å². The summed E-state index contributed by atoms with van der Waals surface area (Å²) < 4.78 is 27.3. The van der Waals surface area contributed by atoms with Crippen LogP contribution in [0.4, 0.5) is 14.5 Å². The molecular weight excluding hydrogens is 354 g/mol. The minimum atomic E-state index is -4.00. The number of alkyl halides is 2. The summed E-state index contributed by atoms with van der Waals surface area (Å²) in [6.07, 6.45) is 4.16. The molecule has 0 amide bonds. The first kappa shape index (κ1) is 18.1. The molecule has 3 N–H and O–H groups in total. The van der Waals surface area contributed by atoms with E-state index < -0.39 is 17.5 Å². The molecule has 27 heavy (non-hydrogen) atoms. The lowest BCUT2D eigenvalue weighted by molar-refractivity contribution is -0.166. The molecule has 0 aliphatic carbocycles. The number of aliphatic carboxylic acids is 1. The molecule has 3 rings (SSSR count). The van der Waals surface area contributed by atoms with Crippen molar-refractivity contribution < 1.29 is 18.7 Å². The highest BCUT2D eigenvalue weighted by molar-refractivity contribution is 6.09. The van der Waals surface area contributed by atoms with Crippen molar-refractivity contribution in [2.75, 3.05) is 0 Å². The number of halogens is 2. The molecule has 0 aliphatic rings. The predicted octanol–water partition coefficient (Wildman–Crippen LogP) is 3.51. The Morgan fingerprint density at radius 2 is 1.89 bits per heavy atom. The maximum atomic E-state index is 13.6. The van der Waals surface area contributed by atoms with Gasteiger partial charge in [-0.05, 0) is 24.3 Å². The fraction of sp³-hybridized carbons (Fsp3) is 0.0526. The minimum Gasteiger partial charge on any atom is -0.477 e. The molecule has 0 spiro atoms. The number of allylic oxidation sites excluding steroid dienone is 1. The lowest BCUT2D eigenvalue weighted by Gasteiger charge is -2.11. The van der Waals surface area contributed by atoms with E-state index in [-0.39, 0.29) is 5.69 Å². The van der Waals surface area contributed by atoms with Crippen LogP contribution in [0.5, 0.6) is 0 Å². The molecular formula is C19H14F2N4O2. The normalized spacial score (nSPS) is 12.6. The van der Waals surface area contributed by atoms with E-state index in [2.05, 4.69) is 15.0 Å². The maximum Gasteiger partial charge on any atom is 0.379 e. The smallest absolute Gasteiger partial charge is 0.379 e. The molecule has 0 atom stereocenters. The topological polar surface area (TPSA) is 101 Å². The van der Waals surface area contributed by atoms with Gasteiger partial charge in [-0.3, -0.25) is 9.98 Å². The third-order valence-corrected chi connectivity index (χ3v) is 3.75. The molecule has 0 saturated heterocycles. The molecule has 0 unspecified atom stereocenters. The standard InChI is InChI=1S/C19H14F2N4O2/c20-19(21,18(26)27)13-4-3-5-14(8-13)23-10-12(9-22)17-11-24-15-6-1-2-7-16(15)25-17/h1-11H,22H2,(H,26,27). The Bertz CT molecular complexity index is 1060. The van der Waals surface area contributed by atoms with Gasteiger partial charge in [-0.2, -0.15) is 8.78 Å². The summed E-state index contributed by atoms with van der Waals surface area (Å²) in [4.78, 5) is 23.5. The second kappa shape index (κ2) is 7.28. The van der Waals surface area contributed by atoms with Crippen molar-refractivity contribution in [3.05, 3.63) is 72.2 Å². The monoisotopic (exact) mass is 368 g/mol. The zero-order valence-corrected chi connectivity index (χ0v) is 13.9. The van der Waals surface area contributed by atoms with E-state index >= 15 is 0 Å². The average Bonchev–Trinajstić information content (AvgIpc) is 2.68. The van der Waals surface area contributed by atoms with Crippen molar-refractivity contribution in [1.29, 1.82) is 0 Å². The molecule has 8 heteroatoms. The van der Waals surface area contributed by atoms with Gasteiger partial charge in [0.25, 0.3) is 0 Å². The van der Waals surface area contributed by atoms with Gasteiger partial charge in [0.1, 0.15) is 0 Å². The molecule has 1 heterocycles. The van der Waals surface area contributed by atoms with Gasteiger partial charge in [0.05, 0.1) is 28.6 Å². The SMILES string of the molecule is NC=C(C=Nc1cccc(C(F)(F)C(=O)O)c1)c1cnc2ccccc2n1. The van der Waals surface area contributed by atoms with E-state index in [1.54, 1.807) is 6.07 Å². The van der Waals surface area contributed by atoms with Crippen LogP contribution in [0.1, 0.15) is 11.3 Å². The zero-order chi connectivity index (χ0) is 19.4. The Morgan fingerprint density at radius 1 is 1.15 bits per heavy atom. The molecule has 1 aromatic heterocycles. The van der Waals surface area contributed by atoms with Crippen LogP contribution in [0.3, 0.4) is 0 Å². The van der Waals surface area contributed by atoms with Crippen LogP contribution < -0.4 is 5.73 Å². The van der Waals surface area contributed by atoms with Gasteiger partial charge in [-0.1, -0.05) is 24.3 Å². The van der Waals surface area contributed by atoms with E-state index in [4.69, 9.17) is 10.8 Å². The van der Waals surface area contributed by atoms with E-state index in [0.29, 0.717) is 16.8 Å². The molecule has 136 valence electrons. The summed E-state index contributed by atoms with van der Waals surface area (Å²) in [6.45, 7) is 0. The van der Waals surface area contributed by atoms with Gasteiger partial charge in [0.2, 0.25) is 0 Å². The summed E-state index contributed by atoms with van der Waals surface area (Å²) in [5.74, 6) is -6.22. The molecule has 0 fully saturated rings. The highest BCUT2D eigenvalue weighted by Crippen LogP contribution is 2.30. The van der Waals surface area contributed by atoms with Gasteiger partial charge in [-0.25, -0.2) is 9.78 Å². The summed E-state index contributed by atoms with van der Waals surface area (Å²) in [7, 11) is 0. The number of hydrogen-bond acceptors (Lipinski definition) is 5. The highest BCUT2D eigenvalue weighted by Gasteiger charge is 2.41. The number of benzene rings is 2. The number of hydrogen-bond donors (Lipinski definition) is 2. The Hall–Kier alpha value is -3.68. The van der Waals surface area contributed by atoms with E-state index in [0.717, 1.165) is 17.6 Å². The highest BCUT2D eigenvalue weighted by atomic mass is 19.3. The van der Waals surface area contributed by atoms with Crippen LogP contribution in [-0.2, 0) is 10.7 Å². The van der Waals surface area contributed by atoms with E-state index in [1.165, 1.54) is 30.7 Å². The van der Waals surface area contributed by atoms with Crippen molar-refractivity contribution in [3.63, 3.8) is 0 Å². The van der Waals surface area contributed by atoms with Crippen LogP contribution >= 0.6 is 0 Å². The first-order chi connectivity index (χ1) is 12.9. The Kier molecular flexibility index (Phi) is 4.89. The second-order valence-corrected chi connectivity index (χ2v) is 5.55. The molecule has 0 bridgehead atoms. The lowest BCUT2D eigenvalue weighted by atomic mass is 10.1. The predicted molar refractivity (Wildman–Crippen MR) is 97.8 cm³/mol. The number of aromatic nitrogens is 2. The van der Waals surface area contributed by atoms with Crippen LogP contribution in [-0.4, -0.2) is 27.3 Å². The van der Waals surface area contributed by atoms with Gasteiger partial charge >= 0.3 is 11.9 Å². The largest absolute Gasteiger partial charge is 0.477 e. The molecule has 0 radical (unpaired) electrons. The Labute approximate surface area is 152 Å². The number of rotatable bonds is 5. The summed E-state index contributed by atoms with van der Waals surface area (Å²) in [5.41, 5.74) is 7.42. The number of carbonyl (C=O) groups is 1. The van der Waals surface area contributed by atoms with E-state index in [9.17, 15) is 13.6 Å². The first-order valence-corrected chi connectivity index (χ1v) is 7.81. The number of nitrogens with two attached hydrogens (primary N) is 1. The molecule has 0 aliphatic heterocycles. The van der Waals surface area contributed by atoms with Crippen LogP contribution in [0.15, 0.2) is 65.9 Å². The quantitative estimate of drug-likeness (QED) is 0.671. The minimum absolute atomic E-state index is 0.154. The number of carboxylic acids is 1. The van der Waals surface area contributed by atoms with Gasteiger partial charge in [0, 0.05) is 23.6 Å². The van der Waals surface area contributed by atoms with Crippen LogP contribution in [0.2, 0.25) is 0 Å². The number of aliphatic imine (C=N–C) groups is 1. The number of fused-ring (bicyclic) bond motifs is 1. The van der Waals surface area contributed by atoms with Crippen molar-refractivity contribution in [1.82, 2.24) is 9.97 Å². The van der Waals surface area contributed by atoms with E-state index in [1.807, 2.05) is 18.2 Å². The molecule has 3 aromatic rings. The van der Waals surface area contributed by atoms with Gasteiger partial charge in [0.15, 0.2) is 0 Å². The molecule has 2 aromatic carbocycles. The fourth-order valence-electron chi connectivity index (χ4n) is 2.34. The third kappa shape index (κ3) is 3.79. The summed E-state index contributed by atoms with van der Waals surface area (Å²) >= 11 is 0. The van der Waals surface area contributed by atoms with Crippen molar-refractivity contribution in [2.24, 2.45) is 10.7 Å². The second-order valence-electron chi connectivity index (χ2n) is 5.55. The third-order valence-electron chi connectivity index (χ3n) is 3.75. The van der Waals surface area contributed by atoms with Crippen LogP contribution in [0.25, 0.3) is 16.6 Å². The van der Waals surface area contributed by atoms with Crippen molar-refractivity contribution in [3.8, 4) is 0 Å². The zero-order valence-electron chi connectivity index (χ0n) is 13.9. The van der Waals surface area contributed by atoms with Gasteiger partial charge in [-0.15, -0.1) is 0 Å². The summed E-state index contributed by atoms with van der Waals surface area (Å²) in [5, 5.41) is 8.65. The lowest BCUT2D eigenvalue weighted by Crippen LogP contribution is -2.25. The van der Waals surface area contributed by atoms with Crippen molar-refractivity contribution >= 4 is 34.5 Å². The average molecular weight is 368 g/mol. The summed E-state index contributed by atoms with van der Waals surface area (Å²) in [6, 6.07) is 12.1. The molecule has 0 saturated carbocycles. The first-order valence-electron chi connectivity index (χ1n) is 7.81. The maximum absolute atomic E-state index is 13.6. The number of carboxylic acid groups (broad SMARTS) is 1. The van der Waals surface area contributed by atoms with Crippen LogP contribution in [0, 0.1) is 0 Å². The fourth-order valence-corrected chi connectivity index (χ4v) is 2.34. The Morgan fingerprint density at radius 3 is 2.59 bits per heavy atom. The number of para-hydroxylation sites is 2.